The van der Waals surface area contributed by atoms with E-state index in [2.05, 4.69) is 21.0 Å². The standard InChI is InChI=1S/C7H11BrFN3/c1-7(9,4-10)5-12-3-6(8)2-11-12/h2-3H,4-5,10H2,1H3. The predicted molar refractivity (Wildman–Crippen MR) is 48.5 cm³/mol. The Bertz CT molecular complexity index is 259. The monoisotopic (exact) mass is 235 g/mol. The van der Waals surface area contributed by atoms with Gasteiger partial charge in [-0.25, -0.2) is 4.39 Å². The molecule has 0 amide bonds. The molecule has 1 aromatic rings. The fourth-order valence-corrected chi connectivity index (χ4v) is 1.16. The van der Waals surface area contributed by atoms with Gasteiger partial charge in [0.15, 0.2) is 0 Å². The van der Waals surface area contributed by atoms with Crippen LogP contribution in [0.15, 0.2) is 16.9 Å². The molecule has 68 valence electrons. The van der Waals surface area contributed by atoms with E-state index in [1.165, 1.54) is 11.6 Å². The van der Waals surface area contributed by atoms with Gasteiger partial charge in [0.1, 0.15) is 5.67 Å². The lowest BCUT2D eigenvalue weighted by atomic mass is 10.1. The molecule has 0 aliphatic carbocycles. The molecule has 1 atom stereocenters. The highest BCUT2D eigenvalue weighted by atomic mass is 79.9. The quantitative estimate of drug-likeness (QED) is 0.860. The number of hydrogen-bond donors (Lipinski definition) is 1. The van der Waals surface area contributed by atoms with Gasteiger partial charge in [-0.2, -0.15) is 5.10 Å². The second-order valence-electron chi connectivity index (χ2n) is 2.97. The zero-order chi connectivity index (χ0) is 9.19. The Hall–Kier alpha value is -0.420. The van der Waals surface area contributed by atoms with E-state index in [-0.39, 0.29) is 13.1 Å². The Morgan fingerprint density at radius 2 is 2.50 bits per heavy atom. The zero-order valence-corrected chi connectivity index (χ0v) is 8.38. The first kappa shape index (κ1) is 9.67. The van der Waals surface area contributed by atoms with Gasteiger partial charge in [0, 0.05) is 12.7 Å². The summed E-state index contributed by atoms with van der Waals surface area (Å²) in [7, 11) is 0. The third kappa shape index (κ3) is 2.57. The van der Waals surface area contributed by atoms with E-state index < -0.39 is 5.67 Å². The first-order chi connectivity index (χ1) is 5.53. The van der Waals surface area contributed by atoms with Crippen LogP contribution in [0.3, 0.4) is 0 Å². The minimum atomic E-state index is -1.38. The first-order valence-electron chi connectivity index (χ1n) is 3.60. The molecule has 3 nitrogen and oxygen atoms in total. The van der Waals surface area contributed by atoms with Crippen molar-refractivity contribution in [1.29, 1.82) is 0 Å². The number of hydrogen-bond acceptors (Lipinski definition) is 2. The summed E-state index contributed by atoms with van der Waals surface area (Å²) in [4.78, 5) is 0. The fourth-order valence-electron chi connectivity index (χ4n) is 0.827. The van der Waals surface area contributed by atoms with E-state index in [1.807, 2.05) is 0 Å². The van der Waals surface area contributed by atoms with Crippen molar-refractivity contribution in [3.05, 3.63) is 16.9 Å². The van der Waals surface area contributed by atoms with Gasteiger partial charge in [0.05, 0.1) is 17.2 Å². The van der Waals surface area contributed by atoms with Gasteiger partial charge in [-0.15, -0.1) is 0 Å². The van der Waals surface area contributed by atoms with Gasteiger partial charge in [-0.05, 0) is 22.9 Å². The average Bonchev–Trinajstić information content (AvgIpc) is 2.35. The summed E-state index contributed by atoms with van der Waals surface area (Å²) in [5.74, 6) is 0. The lowest BCUT2D eigenvalue weighted by molar-refractivity contribution is 0.164. The molecule has 5 heteroatoms. The van der Waals surface area contributed by atoms with E-state index in [4.69, 9.17) is 5.73 Å². The summed E-state index contributed by atoms with van der Waals surface area (Å²) in [5, 5.41) is 3.92. The molecule has 1 rings (SSSR count). The van der Waals surface area contributed by atoms with Crippen LogP contribution in [0.4, 0.5) is 4.39 Å². The average molecular weight is 236 g/mol. The van der Waals surface area contributed by atoms with Crippen LogP contribution in [0.2, 0.25) is 0 Å². The first-order valence-corrected chi connectivity index (χ1v) is 4.40. The third-order valence-corrected chi connectivity index (χ3v) is 1.93. The van der Waals surface area contributed by atoms with Gasteiger partial charge in [-0.1, -0.05) is 0 Å². The molecular formula is C7H11BrFN3. The molecule has 0 bridgehead atoms. The second-order valence-corrected chi connectivity index (χ2v) is 3.89. The Balaban J connectivity index is 2.63. The van der Waals surface area contributed by atoms with Gasteiger partial charge < -0.3 is 5.73 Å². The van der Waals surface area contributed by atoms with Gasteiger partial charge in [0.2, 0.25) is 0 Å². The molecule has 2 N–H and O–H groups in total. The smallest absolute Gasteiger partial charge is 0.139 e. The maximum absolute atomic E-state index is 13.3. The second kappa shape index (κ2) is 3.53. The molecule has 0 saturated heterocycles. The van der Waals surface area contributed by atoms with Crippen molar-refractivity contribution >= 4 is 15.9 Å². The van der Waals surface area contributed by atoms with E-state index in [0.717, 1.165) is 4.47 Å². The number of nitrogens with two attached hydrogens (primary N) is 1. The third-order valence-electron chi connectivity index (χ3n) is 1.52. The highest BCUT2D eigenvalue weighted by Crippen LogP contribution is 2.13. The number of halogens is 2. The van der Waals surface area contributed by atoms with Crippen molar-refractivity contribution < 1.29 is 4.39 Å². The maximum atomic E-state index is 13.3. The molecule has 0 spiro atoms. The van der Waals surface area contributed by atoms with Crippen LogP contribution >= 0.6 is 15.9 Å². The Morgan fingerprint density at radius 1 is 1.83 bits per heavy atom. The molecule has 0 aliphatic rings. The van der Waals surface area contributed by atoms with Gasteiger partial charge in [-0.3, -0.25) is 4.68 Å². The van der Waals surface area contributed by atoms with Crippen molar-refractivity contribution in [2.24, 2.45) is 5.73 Å². The summed E-state index contributed by atoms with van der Waals surface area (Å²) in [6, 6.07) is 0. The van der Waals surface area contributed by atoms with Gasteiger partial charge >= 0.3 is 0 Å². The topological polar surface area (TPSA) is 43.8 Å². The highest BCUT2D eigenvalue weighted by molar-refractivity contribution is 9.10. The number of alkyl halides is 1. The summed E-state index contributed by atoms with van der Waals surface area (Å²) in [5.41, 5.74) is 3.85. The fraction of sp³-hybridized carbons (Fsp3) is 0.571. The molecule has 12 heavy (non-hydrogen) atoms. The van der Waals surface area contributed by atoms with Crippen molar-refractivity contribution in [3.8, 4) is 0 Å². The Morgan fingerprint density at radius 3 is 2.92 bits per heavy atom. The molecule has 0 aromatic carbocycles. The van der Waals surface area contributed by atoms with Crippen LogP contribution in [0.5, 0.6) is 0 Å². The van der Waals surface area contributed by atoms with Crippen LogP contribution in [0.25, 0.3) is 0 Å². The van der Waals surface area contributed by atoms with Crippen LogP contribution < -0.4 is 5.73 Å². The summed E-state index contributed by atoms with van der Waals surface area (Å²) in [6.07, 6.45) is 3.33. The van der Waals surface area contributed by atoms with Crippen LogP contribution in [0.1, 0.15) is 6.92 Å². The Kier molecular flexibility index (Phi) is 2.85. The minimum absolute atomic E-state index is 0.00444. The molecule has 1 unspecified atom stereocenters. The number of aromatic nitrogens is 2. The zero-order valence-electron chi connectivity index (χ0n) is 6.80. The van der Waals surface area contributed by atoms with E-state index in [0.29, 0.717) is 0 Å². The molecule has 0 radical (unpaired) electrons. The highest BCUT2D eigenvalue weighted by Gasteiger charge is 2.21. The van der Waals surface area contributed by atoms with E-state index in [9.17, 15) is 4.39 Å². The predicted octanol–water partition coefficient (Wildman–Crippen LogP) is 1.33. The number of rotatable bonds is 3. The van der Waals surface area contributed by atoms with Crippen LogP contribution in [-0.4, -0.2) is 22.0 Å². The lowest BCUT2D eigenvalue weighted by Gasteiger charge is -2.17. The van der Waals surface area contributed by atoms with Crippen LogP contribution in [-0.2, 0) is 6.54 Å². The van der Waals surface area contributed by atoms with Gasteiger partial charge in [0.25, 0.3) is 0 Å². The Labute approximate surface area is 78.9 Å². The molecule has 0 fully saturated rings. The molecule has 1 heterocycles. The molecule has 1 aromatic heterocycles. The normalized spacial score (nSPS) is 16.0. The largest absolute Gasteiger partial charge is 0.327 e. The number of nitrogens with zero attached hydrogens (tertiary/aromatic N) is 2. The van der Waals surface area contributed by atoms with Crippen molar-refractivity contribution in [2.45, 2.75) is 19.1 Å². The van der Waals surface area contributed by atoms with Crippen molar-refractivity contribution in [3.63, 3.8) is 0 Å². The summed E-state index contributed by atoms with van der Waals surface area (Å²) >= 11 is 3.22. The van der Waals surface area contributed by atoms with Crippen molar-refractivity contribution in [1.82, 2.24) is 9.78 Å². The minimum Gasteiger partial charge on any atom is -0.327 e. The summed E-state index contributed by atoms with van der Waals surface area (Å²) < 4.78 is 15.7. The van der Waals surface area contributed by atoms with Crippen molar-refractivity contribution in [2.75, 3.05) is 6.54 Å². The molecule has 0 saturated carbocycles. The van der Waals surface area contributed by atoms with E-state index >= 15 is 0 Å². The SMILES string of the molecule is CC(F)(CN)Cn1cc(Br)cn1. The molecule has 0 aliphatic heterocycles. The molecular weight excluding hydrogens is 225 g/mol. The lowest BCUT2D eigenvalue weighted by Crippen LogP contribution is -2.34. The van der Waals surface area contributed by atoms with E-state index in [1.54, 1.807) is 12.4 Å². The maximum Gasteiger partial charge on any atom is 0.139 e. The summed E-state index contributed by atoms with van der Waals surface area (Å²) in [6.45, 7) is 1.65. The van der Waals surface area contributed by atoms with Crippen LogP contribution in [0, 0.1) is 0 Å².